The Morgan fingerprint density at radius 1 is 1.40 bits per heavy atom. The van der Waals surface area contributed by atoms with Crippen LogP contribution in [0.15, 0.2) is 37.0 Å². The van der Waals surface area contributed by atoms with Crippen LogP contribution in [0, 0.1) is 0 Å². The Morgan fingerprint density at radius 3 is 2.10 bits per heavy atom. The second-order valence-electron chi connectivity index (χ2n) is 2.17. The minimum absolute atomic E-state index is 1.14. The maximum absolute atomic E-state index is 3.55. The van der Waals surface area contributed by atoms with Gasteiger partial charge in [-0.3, -0.25) is 0 Å². The highest BCUT2D eigenvalue weighted by atomic mass is 13.8. The van der Waals surface area contributed by atoms with Crippen molar-refractivity contribution in [1.29, 1.82) is 0 Å². The third-order valence-corrected chi connectivity index (χ3v) is 1.15. The molecule has 0 bridgehead atoms. The molecule has 0 heterocycles. The quantitative estimate of drug-likeness (QED) is 0.510. The summed E-state index contributed by atoms with van der Waals surface area (Å²) in [5.41, 5.74) is 0. The van der Waals surface area contributed by atoms with Gasteiger partial charge >= 0.3 is 0 Å². The molecule has 0 aromatic carbocycles. The van der Waals surface area contributed by atoms with Crippen LogP contribution in [0.3, 0.4) is 0 Å². The van der Waals surface area contributed by atoms with Crippen LogP contribution in [0.2, 0.25) is 0 Å². The van der Waals surface area contributed by atoms with Crippen molar-refractivity contribution in [2.45, 2.75) is 26.2 Å². The summed E-state index contributed by atoms with van der Waals surface area (Å²) < 4.78 is 0. The minimum atomic E-state index is 1.14. The maximum Gasteiger partial charge on any atom is -0.0163 e. The topological polar surface area (TPSA) is 0 Å². The maximum atomic E-state index is 3.55. The van der Waals surface area contributed by atoms with E-state index < -0.39 is 0 Å². The Hall–Kier alpha value is -0.780. The van der Waals surface area contributed by atoms with Crippen LogP contribution in [0.25, 0.3) is 0 Å². The number of hydrogen-bond acceptors (Lipinski definition) is 0. The van der Waals surface area contributed by atoms with Crippen molar-refractivity contribution in [2.24, 2.45) is 0 Å². The van der Waals surface area contributed by atoms with Crippen LogP contribution >= 0.6 is 0 Å². The van der Waals surface area contributed by atoms with E-state index in [0.717, 1.165) is 12.8 Å². The van der Waals surface area contributed by atoms with E-state index in [4.69, 9.17) is 0 Å². The van der Waals surface area contributed by atoms with E-state index in [-0.39, 0.29) is 0 Å². The summed E-state index contributed by atoms with van der Waals surface area (Å²) in [6, 6.07) is 0. The zero-order chi connectivity index (χ0) is 7.66. The van der Waals surface area contributed by atoms with E-state index in [0.29, 0.717) is 0 Å². The van der Waals surface area contributed by atoms with Crippen molar-refractivity contribution in [1.82, 2.24) is 0 Å². The van der Waals surface area contributed by atoms with Crippen molar-refractivity contribution in [3.8, 4) is 0 Å². The van der Waals surface area contributed by atoms with Gasteiger partial charge in [-0.05, 0) is 12.8 Å². The Balaban J connectivity index is 0.000000162. The van der Waals surface area contributed by atoms with Gasteiger partial charge in [0.15, 0.2) is 0 Å². The zero-order valence-electron chi connectivity index (χ0n) is 6.72. The molecule has 1 rings (SSSR count). The molecule has 0 saturated heterocycles. The van der Waals surface area contributed by atoms with E-state index >= 15 is 0 Å². The van der Waals surface area contributed by atoms with Gasteiger partial charge in [-0.25, -0.2) is 0 Å². The predicted molar refractivity (Wildman–Crippen MR) is 48.0 cm³/mol. The Morgan fingerprint density at radius 2 is 2.00 bits per heavy atom. The number of allylic oxidation sites excluding steroid dienone is 5. The molecule has 0 heteroatoms. The fraction of sp³-hybridized carbons (Fsp3) is 0.400. The molecule has 0 aromatic heterocycles. The first-order valence-electron chi connectivity index (χ1n) is 3.84. The molecule has 0 spiro atoms. The molecule has 0 saturated carbocycles. The Labute approximate surface area is 64.0 Å². The van der Waals surface area contributed by atoms with Crippen molar-refractivity contribution >= 4 is 0 Å². The highest BCUT2D eigenvalue weighted by molar-refractivity contribution is 5.11. The average Bonchev–Trinajstić information content (AvgIpc) is 2.44. The van der Waals surface area contributed by atoms with Crippen LogP contribution in [-0.4, -0.2) is 0 Å². The summed E-state index contributed by atoms with van der Waals surface area (Å²) in [5.74, 6) is 0. The largest absolute Gasteiger partial charge is 0.103 e. The van der Waals surface area contributed by atoms with E-state index in [1.807, 2.05) is 6.08 Å². The minimum Gasteiger partial charge on any atom is -0.103 e. The smallest absolute Gasteiger partial charge is 0.0163 e. The van der Waals surface area contributed by atoms with Crippen LogP contribution < -0.4 is 0 Å². The van der Waals surface area contributed by atoms with Gasteiger partial charge in [0.1, 0.15) is 0 Å². The van der Waals surface area contributed by atoms with Gasteiger partial charge < -0.3 is 0 Å². The summed E-state index contributed by atoms with van der Waals surface area (Å²) in [4.78, 5) is 0. The Kier molecular flexibility index (Phi) is 7.58. The van der Waals surface area contributed by atoms with Crippen molar-refractivity contribution < 1.29 is 0 Å². The molecule has 0 atom stereocenters. The summed E-state index contributed by atoms with van der Waals surface area (Å²) in [5, 5.41) is 0. The first-order chi connectivity index (χ1) is 4.91. The molecule has 0 aromatic rings. The van der Waals surface area contributed by atoms with Crippen LogP contribution in [-0.2, 0) is 0 Å². The van der Waals surface area contributed by atoms with Gasteiger partial charge in [0.25, 0.3) is 0 Å². The van der Waals surface area contributed by atoms with Gasteiger partial charge in [-0.2, -0.15) is 0 Å². The van der Waals surface area contributed by atoms with Gasteiger partial charge in [-0.1, -0.05) is 43.7 Å². The molecule has 1 aliphatic rings. The monoisotopic (exact) mass is 136 g/mol. The molecule has 10 heavy (non-hydrogen) atoms. The average molecular weight is 136 g/mol. The van der Waals surface area contributed by atoms with Gasteiger partial charge in [0.2, 0.25) is 0 Å². The number of hydrogen-bond donors (Lipinski definition) is 0. The predicted octanol–water partition coefficient (Wildman–Crippen LogP) is 3.48. The molecule has 0 nitrogen and oxygen atoms in total. The van der Waals surface area contributed by atoms with Crippen LogP contribution in [0.1, 0.15) is 26.2 Å². The second kappa shape index (κ2) is 8.22. The summed E-state index contributed by atoms with van der Waals surface area (Å²) in [6.45, 7) is 5.69. The standard InChI is InChI=1S/C5H6.C5H10/c1-2-4-5-3-1;1-3-5-4-2/h1-4H,5H2;3H,1,4-5H2,2H3. The number of unbranched alkanes of at least 4 members (excludes halogenated alkanes) is 1. The van der Waals surface area contributed by atoms with Crippen molar-refractivity contribution in [2.75, 3.05) is 0 Å². The van der Waals surface area contributed by atoms with E-state index in [2.05, 4.69) is 37.8 Å². The highest BCUT2D eigenvalue weighted by Crippen LogP contribution is 1.93. The molecule has 0 fully saturated rings. The lowest BCUT2D eigenvalue weighted by Gasteiger charge is -1.72. The molecular formula is C10H16. The van der Waals surface area contributed by atoms with Gasteiger partial charge in [0, 0.05) is 0 Å². The lowest BCUT2D eigenvalue weighted by atomic mass is 10.3. The van der Waals surface area contributed by atoms with Crippen LogP contribution in [0.5, 0.6) is 0 Å². The highest BCUT2D eigenvalue weighted by Gasteiger charge is 1.72. The third kappa shape index (κ3) is 7.22. The summed E-state index contributed by atoms with van der Waals surface area (Å²) in [6.07, 6.45) is 13.8. The molecule has 56 valence electrons. The molecule has 0 amide bonds. The molecule has 1 aliphatic carbocycles. The lowest BCUT2D eigenvalue weighted by Crippen LogP contribution is -1.52. The van der Waals surface area contributed by atoms with Gasteiger partial charge in [0.05, 0.1) is 0 Å². The normalized spacial score (nSPS) is 12.5. The van der Waals surface area contributed by atoms with Crippen molar-refractivity contribution in [3.63, 3.8) is 0 Å². The first kappa shape index (κ1) is 9.22. The summed E-state index contributed by atoms with van der Waals surface area (Å²) >= 11 is 0. The molecule has 0 radical (unpaired) electrons. The van der Waals surface area contributed by atoms with E-state index in [1.54, 1.807) is 0 Å². The molecular weight excluding hydrogens is 120 g/mol. The summed E-state index contributed by atoms with van der Waals surface area (Å²) in [7, 11) is 0. The molecule has 0 unspecified atom stereocenters. The fourth-order valence-corrected chi connectivity index (χ4v) is 0.597. The number of rotatable bonds is 2. The second-order valence-corrected chi connectivity index (χ2v) is 2.17. The van der Waals surface area contributed by atoms with Crippen LogP contribution in [0.4, 0.5) is 0 Å². The Bertz CT molecular complexity index is 108. The van der Waals surface area contributed by atoms with E-state index in [9.17, 15) is 0 Å². The third-order valence-electron chi connectivity index (χ3n) is 1.15. The van der Waals surface area contributed by atoms with Gasteiger partial charge in [-0.15, -0.1) is 6.58 Å². The molecule has 0 aliphatic heterocycles. The van der Waals surface area contributed by atoms with E-state index in [1.165, 1.54) is 6.42 Å². The first-order valence-corrected chi connectivity index (χ1v) is 3.84. The molecule has 0 N–H and O–H groups in total. The lowest BCUT2D eigenvalue weighted by molar-refractivity contribution is 0.961. The SMILES string of the molecule is C1=CCC=C1.C=CCCC. The fourth-order valence-electron chi connectivity index (χ4n) is 0.597. The zero-order valence-corrected chi connectivity index (χ0v) is 6.72. The van der Waals surface area contributed by atoms with Crippen molar-refractivity contribution in [3.05, 3.63) is 37.0 Å².